The number of aliphatic hydroxyl groups is 2. The van der Waals surface area contributed by atoms with E-state index in [1.807, 2.05) is 0 Å². The number of carbonyl (C=O) groups is 2. The number of unbranched alkanes of at least 4 members (excludes halogenated alkanes) is 8. The first-order valence-electron chi connectivity index (χ1n) is 8.73. The lowest BCUT2D eigenvalue weighted by atomic mass is 10.1. The molecule has 2 N–H and O–H groups in total. The zero-order chi connectivity index (χ0) is 17.2. The summed E-state index contributed by atoms with van der Waals surface area (Å²) in [5.41, 5.74) is 0. The summed E-state index contributed by atoms with van der Waals surface area (Å²) < 4.78 is 9.56. The lowest BCUT2D eigenvalue weighted by Crippen LogP contribution is -2.07. The molecule has 0 amide bonds. The molecule has 0 spiro atoms. The van der Waals surface area contributed by atoms with Crippen molar-refractivity contribution >= 4 is 11.9 Å². The van der Waals surface area contributed by atoms with Gasteiger partial charge in [-0.25, -0.2) is 0 Å². The normalized spacial score (nSPS) is 10.5. The molecule has 0 saturated carbocycles. The number of carbonyl (C=O) groups excluding carboxylic acids is 2. The van der Waals surface area contributed by atoms with Crippen LogP contribution in [0.15, 0.2) is 0 Å². The number of rotatable bonds is 16. The van der Waals surface area contributed by atoms with Crippen molar-refractivity contribution in [3.63, 3.8) is 0 Å². The largest absolute Gasteiger partial charge is 0.463 e. The number of ether oxygens (including phenoxy) is 2. The summed E-state index contributed by atoms with van der Waals surface area (Å²) in [5.74, 6) is -0.451. The second-order valence-electron chi connectivity index (χ2n) is 5.57. The first kappa shape index (κ1) is 21.9. The maximum atomic E-state index is 11.2. The van der Waals surface area contributed by atoms with E-state index in [4.69, 9.17) is 19.7 Å². The summed E-state index contributed by atoms with van der Waals surface area (Å²) >= 11 is 0. The molecule has 0 aromatic rings. The van der Waals surface area contributed by atoms with Crippen LogP contribution in [0.2, 0.25) is 0 Å². The number of hydrogen-bond acceptors (Lipinski definition) is 6. The maximum absolute atomic E-state index is 11.2. The molecule has 0 aliphatic rings. The Labute approximate surface area is 139 Å². The summed E-state index contributed by atoms with van der Waals surface area (Å²) in [6.07, 6.45) is 10.4. The highest BCUT2D eigenvalue weighted by Crippen LogP contribution is 2.11. The summed E-state index contributed by atoms with van der Waals surface area (Å²) in [7, 11) is 0. The molecule has 6 nitrogen and oxygen atoms in total. The van der Waals surface area contributed by atoms with Crippen molar-refractivity contribution in [2.45, 2.75) is 70.6 Å². The third kappa shape index (κ3) is 17.1. The van der Waals surface area contributed by atoms with Crippen molar-refractivity contribution in [1.82, 2.24) is 0 Å². The Kier molecular flexibility index (Phi) is 16.4. The van der Waals surface area contributed by atoms with Gasteiger partial charge in [-0.3, -0.25) is 9.59 Å². The van der Waals surface area contributed by atoms with E-state index in [-0.39, 0.29) is 38.4 Å². The first-order chi connectivity index (χ1) is 11.2. The van der Waals surface area contributed by atoms with Crippen molar-refractivity contribution in [3.05, 3.63) is 0 Å². The van der Waals surface area contributed by atoms with Gasteiger partial charge in [-0.15, -0.1) is 0 Å². The molecular weight excluding hydrogens is 300 g/mol. The minimum absolute atomic E-state index is 0.0952. The van der Waals surface area contributed by atoms with E-state index in [0.717, 1.165) is 38.5 Å². The SMILES string of the molecule is O=C(CCCCCCCCCCCC(=O)OCCO)OCCO. The van der Waals surface area contributed by atoms with Crippen LogP contribution in [0.5, 0.6) is 0 Å². The van der Waals surface area contributed by atoms with E-state index >= 15 is 0 Å². The first-order valence-corrected chi connectivity index (χ1v) is 8.73. The minimum Gasteiger partial charge on any atom is -0.463 e. The molecule has 0 rings (SSSR count). The van der Waals surface area contributed by atoms with Gasteiger partial charge in [0, 0.05) is 12.8 Å². The molecule has 0 heterocycles. The fourth-order valence-corrected chi connectivity index (χ4v) is 2.24. The van der Waals surface area contributed by atoms with Crippen molar-refractivity contribution in [2.75, 3.05) is 26.4 Å². The number of hydrogen-bond donors (Lipinski definition) is 2. The Hall–Kier alpha value is -1.14. The predicted molar refractivity (Wildman–Crippen MR) is 86.9 cm³/mol. The molecule has 0 atom stereocenters. The van der Waals surface area contributed by atoms with Crippen LogP contribution in [0.4, 0.5) is 0 Å². The van der Waals surface area contributed by atoms with E-state index in [0.29, 0.717) is 12.8 Å². The summed E-state index contributed by atoms with van der Waals surface area (Å²) in [6.45, 7) is -0.0405. The molecule has 0 aliphatic carbocycles. The van der Waals surface area contributed by atoms with Crippen LogP contribution >= 0.6 is 0 Å². The molecule has 23 heavy (non-hydrogen) atoms. The zero-order valence-electron chi connectivity index (χ0n) is 14.1. The van der Waals surface area contributed by atoms with E-state index in [9.17, 15) is 9.59 Å². The molecule has 0 aromatic heterocycles. The van der Waals surface area contributed by atoms with E-state index in [1.54, 1.807) is 0 Å². The molecule has 0 aromatic carbocycles. The van der Waals surface area contributed by atoms with Gasteiger partial charge < -0.3 is 19.7 Å². The Morgan fingerprint density at radius 2 is 0.870 bits per heavy atom. The zero-order valence-corrected chi connectivity index (χ0v) is 14.1. The van der Waals surface area contributed by atoms with Crippen molar-refractivity contribution in [1.29, 1.82) is 0 Å². The van der Waals surface area contributed by atoms with Gasteiger partial charge in [0.25, 0.3) is 0 Å². The molecular formula is C17H32O6. The fraction of sp³-hybridized carbons (Fsp3) is 0.882. The predicted octanol–water partition coefficient (Wildman–Crippen LogP) is 2.35. The molecule has 6 heteroatoms. The van der Waals surface area contributed by atoms with Crippen LogP contribution in [-0.4, -0.2) is 48.6 Å². The maximum Gasteiger partial charge on any atom is 0.305 e. The van der Waals surface area contributed by atoms with Gasteiger partial charge in [0.1, 0.15) is 13.2 Å². The summed E-state index contributed by atoms with van der Waals surface area (Å²) in [5, 5.41) is 17.0. The van der Waals surface area contributed by atoms with Gasteiger partial charge in [-0.1, -0.05) is 44.9 Å². The second kappa shape index (κ2) is 17.2. The third-order valence-electron chi connectivity index (χ3n) is 3.47. The lowest BCUT2D eigenvalue weighted by Gasteiger charge is -2.04. The van der Waals surface area contributed by atoms with Crippen LogP contribution in [0, 0.1) is 0 Å². The highest BCUT2D eigenvalue weighted by molar-refractivity contribution is 5.69. The Morgan fingerprint density at radius 1 is 0.565 bits per heavy atom. The Balaban J connectivity index is 3.16. The van der Waals surface area contributed by atoms with Crippen LogP contribution < -0.4 is 0 Å². The average molecular weight is 332 g/mol. The topological polar surface area (TPSA) is 93.1 Å². The Bertz CT molecular complexity index is 265. The summed E-state index contributed by atoms with van der Waals surface area (Å²) in [6, 6.07) is 0. The summed E-state index contributed by atoms with van der Waals surface area (Å²) in [4.78, 5) is 22.3. The minimum atomic E-state index is -0.225. The molecule has 0 radical (unpaired) electrons. The lowest BCUT2D eigenvalue weighted by molar-refractivity contribution is -0.145. The quantitative estimate of drug-likeness (QED) is 0.333. The average Bonchev–Trinajstić information content (AvgIpc) is 2.55. The van der Waals surface area contributed by atoms with Crippen molar-refractivity contribution in [3.8, 4) is 0 Å². The molecule has 0 aliphatic heterocycles. The smallest absolute Gasteiger partial charge is 0.305 e. The Morgan fingerprint density at radius 3 is 1.17 bits per heavy atom. The number of aliphatic hydroxyl groups excluding tert-OH is 2. The van der Waals surface area contributed by atoms with Gasteiger partial charge in [0.15, 0.2) is 0 Å². The van der Waals surface area contributed by atoms with Crippen LogP contribution in [0.25, 0.3) is 0 Å². The monoisotopic (exact) mass is 332 g/mol. The van der Waals surface area contributed by atoms with Gasteiger partial charge in [-0.05, 0) is 12.8 Å². The van der Waals surface area contributed by atoms with Crippen molar-refractivity contribution < 1.29 is 29.3 Å². The van der Waals surface area contributed by atoms with Crippen LogP contribution in [-0.2, 0) is 19.1 Å². The van der Waals surface area contributed by atoms with E-state index in [2.05, 4.69) is 0 Å². The highest BCUT2D eigenvalue weighted by Gasteiger charge is 2.02. The molecule has 0 saturated heterocycles. The van der Waals surface area contributed by atoms with Gasteiger partial charge in [0.05, 0.1) is 13.2 Å². The third-order valence-corrected chi connectivity index (χ3v) is 3.47. The highest BCUT2D eigenvalue weighted by atomic mass is 16.5. The molecule has 0 unspecified atom stereocenters. The van der Waals surface area contributed by atoms with Gasteiger partial charge >= 0.3 is 11.9 Å². The fourth-order valence-electron chi connectivity index (χ4n) is 2.24. The molecule has 136 valence electrons. The second-order valence-corrected chi connectivity index (χ2v) is 5.57. The van der Waals surface area contributed by atoms with E-state index < -0.39 is 0 Å². The number of esters is 2. The van der Waals surface area contributed by atoms with Crippen LogP contribution in [0.3, 0.4) is 0 Å². The molecule has 0 fully saturated rings. The van der Waals surface area contributed by atoms with Crippen molar-refractivity contribution in [2.24, 2.45) is 0 Å². The van der Waals surface area contributed by atoms with Gasteiger partial charge in [0.2, 0.25) is 0 Å². The standard InChI is InChI=1S/C17H32O6/c18-12-14-22-16(20)10-8-6-4-2-1-3-5-7-9-11-17(21)23-15-13-19/h18-19H,1-15H2. The van der Waals surface area contributed by atoms with Gasteiger partial charge in [-0.2, -0.15) is 0 Å². The van der Waals surface area contributed by atoms with Crippen LogP contribution in [0.1, 0.15) is 70.6 Å². The molecule has 0 bridgehead atoms. The van der Waals surface area contributed by atoms with E-state index in [1.165, 1.54) is 19.3 Å².